The number of alkyl halides is 2. The number of carbonyl (C=O) groups excluding carboxylic acids is 4. The largest absolute Gasteiger partial charge is 0.507 e. The van der Waals surface area contributed by atoms with E-state index in [-0.39, 0.29) is 123 Å². The molecule has 3 fully saturated rings. The van der Waals surface area contributed by atoms with E-state index in [4.69, 9.17) is 52.0 Å². The summed E-state index contributed by atoms with van der Waals surface area (Å²) in [5, 5.41) is 74.2. The molecule has 8 N–H and O–H groups in total. The average Bonchev–Trinajstić information content (AvgIpc) is 1.57. The lowest BCUT2D eigenvalue weighted by Crippen LogP contribution is -2.50. The summed E-state index contributed by atoms with van der Waals surface area (Å²) in [6.07, 6.45) is 1.18. The molecular weight excluding hydrogens is 1530 g/mol. The lowest BCUT2D eigenvalue weighted by Gasteiger charge is -2.41. The number of anilines is 2. The number of nitrogens with one attached hydrogen (secondary N) is 2. The van der Waals surface area contributed by atoms with Crippen LogP contribution in [0.1, 0.15) is 167 Å². The van der Waals surface area contributed by atoms with Gasteiger partial charge in [0.15, 0.2) is 34.5 Å². The van der Waals surface area contributed by atoms with Crippen LogP contribution in [0.25, 0.3) is 60.8 Å². The van der Waals surface area contributed by atoms with Crippen LogP contribution in [0.5, 0.6) is 17.2 Å². The molecule has 1 unspecified atom stereocenters. The number of allylic oxidation sites excluding steroid dienone is 2. The Hall–Kier alpha value is -10.9. The van der Waals surface area contributed by atoms with Crippen molar-refractivity contribution in [3.05, 3.63) is 143 Å². The molecule has 14 rings (SSSR count). The van der Waals surface area contributed by atoms with Crippen LogP contribution in [0.2, 0.25) is 0 Å². The van der Waals surface area contributed by atoms with Crippen LogP contribution in [-0.2, 0) is 63.7 Å². The van der Waals surface area contributed by atoms with Gasteiger partial charge in [0.05, 0.1) is 76.2 Å². The Labute approximate surface area is 668 Å². The number of hydrogen-bond acceptors (Lipinski definition) is 25. The zero-order chi connectivity index (χ0) is 84.5. The van der Waals surface area contributed by atoms with Crippen LogP contribution in [0.4, 0.5) is 20.2 Å². The van der Waals surface area contributed by atoms with Gasteiger partial charge in [0.25, 0.3) is 5.91 Å². The molecular formula is C85H95F2N5O25. The highest BCUT2D eigenvalue weighted by molar-refractivity contribution is 6.17. The first-order valence-corrected chi connectivity index (χ1v) is 39.0. The third kappa shape index (κ3) is 16.5. The molecule has 6 aliphatic heterocycles. The number of aliphatic carboxylic acids is 1. The molecule has 0 radical (unpaired) electrons. The van der Waals surface area contributed by atoms with Gasteiger partial charge in [-0.25, -0.2) is 9.78 Å². The first-order chi connectivity index (χ1) is 55.4. The van der Waals surface area contributed by atoms with E-state index in [2.05, 4.69) is 10.6 Å². The van der Waals surface area contributed by atoms with Gasteiger partial charge in [-0.2, -0.15) is 8.78 Å². The number of unbranched alkanes of at least 4 members (excludes halogenated alkanes) is 2. The first-order valence-electron chi connectivity index (χ1n) is 39.0. The number of ether oxygens (including phenoxy) is 9. The molecule has 1 saturated carbocycles. The molecule has 2 aromatic heterocycles. The van der Waals surface area contributed by atoms with Crippen molar-refractivity contribution in [1.29, 1.82) is 0 Å². The van der Waals surface area contributed by atoms with Crippen LogP contribution in [0.3, 0.4) is 0 Å². The number of phenolic OH excluding ortho intramolecular Hbond substituents is 1. The number of pyridine rings is 1. The number of aromatic carboxylic acids is 1. The van der Waals surface area contributed by atoms with Crippen molar-refractivity contribution >= 4 is 96.7 Å². The number of carbonyl (C=O) groups is 6. The molecule has 8 heterocycles. The SMILES string of the molecule is CC(=O)O[C@H]1[C@H](C)[C@H](O)[C@H](C)[C@@H](O)[C@@H](C(C)OC(=O)C(C)(C)CC(=O)O)/C=C/C=C(/C)C(=O)Nc2c(=O)c3c(O)c(C)c4c(c3c3nc5c(=O)cc(NCCCCCC(=O)N6Cc7cc(-c8ccc9c(=O)c(C(=O)O)cn(C%10CC%10)c9c8OC(F)F)ccc7[C@H]6C)cc5oc23)=C(O)[C@@](C)(O/C=C/[C@H](O[C@H]2C[C@@H]3OCO[C@@H]3[C@@H](C)O2)[C@H]1C)O4. The smallest absolute Gasteiger partial charge is 0.387 e. The maximum Gasteiger partial charge on any atom is 0.387 e. The normalized spacial score (nSPS) is 26.9. The summed E-state index contributed by atoms with van der Waals surface area (Å²) >= 11 is 0. The summed E-state index contributed by atoms with van der Waals surface area (Å²) < 4.78 is 91.2. The van der Waals surface area contributed by atoms with E-state index in [1.165, 1.54) is 115 Å². The summed E-state index contributed by atoms with van der Waals surface area (Å²) in [7, 11) is 0. The number of halogens is 2. The average molecular weight is 1620 g/mol. The molecule has 5 bridgehead atoms. The van der Waals surface area contributed by atoms with Crippen molar-refractivity contribution in [3.8, 4) is 28.4 Å². The lowest BCUT2D eigenvalue weighted by molar-refractivity contribution is -0.246. The number of nitrogens with zero attached hydrogens (tertiary/aromatic N) is 3. The Morgan fingerprint density at radius 3 is 2.32 bits per heavy atom. The second kappa shape index (κ2) is 33.2. The fourth-order valence-corrected chi connectivity index (χ4v) is 16.6. The van der Waals surface area contributed by atoms with E-state index in [9.17, 15) is 77.8 Å². The first kappa shape index (κ1) is 84.0. The monoisotopic (exact) mass is 1620 g/mol. The van der Waals surface area contributed by atoms with Crippen LogP contribution < -0.4 is 41.6 Å². The van der Waals surface area contributed by atoms with Gasteiger partial charge in [-0.05, 0) is 115 Å². The number of fused-ring (bicyclic) bond motifs is 17. The van der Waals surface area contributed by atoms with Crippen molar-refractivity contribution < 1.29 is 115 Å². The predicted octanol–water partition coefficient (Wildman–Crippen LogP) is 10.9. The Morgan fingerprint density at radius 1 is 0.880 bits per heavy atom. The maximum atomic E-state index is 15.5. The van der Waals surface area contributed by atoms with Crippen LogP contribution >= 0.6 is 0 Å². The number of aliphatic hydroxyl groups excluding tert-OH is 3. The minimum Gasteiger partial charge on any atom is -0.507 e. The number of amides is 2. The number of benzene rings is 5. The summed E-state index contributed by atoms with van der Waals surface area (Å²) in [6, 6.07) is 10.4. The highest BCUT2D eigenvalue weighted by atomic mass is 19.3. The molecule has 7 aliphatic rings. The van der Waals surface area contributed by atoms with Crippen molar-refractivity contribution in [2.24, 2.45) is 29.1 Å². The number of phenols is 1. The second-order valence-corrected chi connectivity index (χ2v) is 32.1. The highest BCUT2D eigenvalue weighted by Crippen LogP contribution is 2.47. The van der Waals surface area contributed by atoms with Gasteiger partial charge in [-0.15, -0.1) is 0 Å². The fraction of sp³-hybridized carbons (Fsp3) is 0.482. The molecule has 1 aliphatic carbocycles. The molecule has 32 heteroatoms. The number of rotatable bonds is 20. The molecule has 15 atom stereocenters. The number of esters is 2. The third-order valence-corrected chi connectivity index (χ3v) is 23.3. The number of aromatic hydroxyl groups is 1. The van der Waals surface area contributed by atoms with Crippen molar-refractivity contribution in [3.63, 3.8) is 0 Å². The van der Waals surface area contributed by atoms with Crippen molar-refractivity contribution in [2.75, 3.05) is 24.0 Å². The van der Waals surface area contributed by atoms with Gasteiger partial charge >= 0.3 is 36.3 Å². The zero-order valence-electron chi connectivity index (χ0n) is 66.6. The molecule has 5 aromatic carbocycles. The van der Waals surface area contributed by atoms with E-state index in [1.54, 1.807) is 37.8 Å². The minimum atomic E-state index is -3.28. The van der Waals surface area contributed by atoms with Gasteiger partial charge in [0, 0.05) is 116 Å². The van der Waals surface area contributed by atoms with E-state index in [0.717, 1.165) is 17.4 Å². The number of aromatic nitrogens is 2. The zero-order valence-corrected chi connectivity index (χ0v) is 66.6. The molecule has 117 heavy (non-hydrogen) atoms. The Balaban J connectivity index is 0.807. The van der Waals surface area contributed by atoms with E-state index >= 15 is 4.79 Å². The van der Waals surface area contributed by atoms with E-state index in [1.807, 2.05) is 13.0 Å². The van der Waals surface area contributed by atoms with Gasteiger partial charge in [0.2, 0.25) is 22.2 Å². The van der Waals surface area contributed by atoms with E-state index < -0.39 is 183 Å². The molecule has 30 nitrogen and oxygen atoms in total. The molecule has 624 valence electrons. The van der Waals surface area contributed by atoms with E-state index in [0.29, 0.717) is 37.7 Å². The maximum absolute atomic E-state index is 15.5. The summed E-state index contributed by atoms with van der Waals surface area (Å²) in [5.74, 6) is -13.8. The van der Waals surface area contributed by atoms with Gasteiger partial charge in [-0.3, -0.25) is 38.4 Å². The number of carboxylic acids is 2. The van der Waals surface area contributed by atoms with Gasteiger partial charge in [-0.1, -0.05) is 57.6 Å². The molecule has 7 aromatic rings. The number of carboxylic acid groups (broad SMARTS) is 2. The van der Waals surface area contributed by atoms with Crippen molar-refractivity contribution in [2.45, 2.75) is 221 Å². The summed E-state index contributed by atoms with van der Waals surface area (Å²) in [6.45, 7) is 15.2. The van der Waals surface area contributed by atoms with Crippen LogP contribution in [0, 0.1) is 36.0 Å². The lowest BCUT2D eigenvalue weighted by atomic mass is 9.77. The second-order valence-electron chi connectivity index (χ2n) is 32.1. The van der Waals surface area contributed by atoms with Crippen LogP contribution in [-0.4, -0.2) is 162 Å². The summed E-state index contributed by atoms with van der Waals surface area (Å²) in [4.78, 5) is 130. The quantitative estimate of drug-likeness (QED) is 0.0152. The Kier molecular flexibility index (Phi) is 23.9. The number of hydrogen-bond donors (Lipinski definition) is 8. The number of aliphatic hydroxyl groups is 3. The predicted molar refractivity (Wildman–Crippen MR) is 420 cm³/mol. The molecule has 0 spiro atoms. The van der Waals surface area contributed by atoms with Gasteiger partial charge < -0.3 is 97.8 Å². The topological polar surface area (TPSA) is 416 Å². The van der Waals surface area contributed by atoms with Crippen LogP contribution in [0.15, 0.2) is 104 Å². The highest BCUT2D eigenvalue weighted by Gasteiger charge is 2.48. The standard InChI is InChI=1S/C85H95F2N5O25/c1-37-17-16-18-51(43(7)112-82(107)84(10,11)33-60(96)97)70(99)39(3)69(98)40(4)74(113-45(9)93)38(2)56(114-61-32-58-76(44(8)111-61)109-36-108-58)26-28-110-85(12)79(103)64-62-63(71(100)41(5)75(64)117-85)73(102)67(90-80(37)104)78-66(62)89-65-55(94)30-48(31-57(65)115-78)88-27-15-13-14-19-59(95)91-34-47-29-46(20-23-50(47)42(91)6)52-24-25-53-68(77(52)116-83(86)87)92(49-21-22-49)35-54(72(53)101)81(105)106/h16-18,20,23-26,28-31,35,38-40,42-44,49,51,56,58,61,69-70,74,76,83,88,98-100,103H,13-15,19,21-22,27,32-34,36H2,1-12H3,(H,90,104)(H,96,97)(H,105,106)/b18-16+,28-26+,37-17-/t38-,39+,40-,42-,43?,44-,51-,56+,58+,61+,69-,70-,74-,76-,85+/m1/s1. The Morgan fingerprint density at radius 2 is 1.62 bits per heavy atom. The van der Waals surface area contributed by atoms with Gasteiger partial charge in [0.1, 0.15) is 53.4 Å². The minimum absolute atomic E-state index is 0.0129. The molecule has 2 amide bonds. The fourth-order valence-electron chi connectivity index (χ4n) is 16.6. The van der Waals surface area contributed by atoms with Crippen molar-refractivity contribution in [1.82, 2.24) is 14.5 Å². The third-order valence-electron chi connectivity index (χ3n) is 23.3. The Bertz CT molecular complexity index is 5520. The molecule has 2 saturated heterocycles. The summed E-state index contributed by atoms with van der Waals surface area (Å²) in [5.41, 5.74) is -3.92.